The Bertz CT molecular complexity index is 919. The lowest BCUT2D eigenvalue weighted by atomic mass is 10.1. The number of carbonyl (C=O) groups excluding carboxylic acids is 1. The largest absolute Gasteiger partial charge is 0.368 e. The van der Waals surface area contributed by atoms with E-state index in [0.717, 1.165) is 22.4 Å². The Labute approximate surface area is 137 Å². The van der Waals surface area contributed by atoms with Gasteiger partial charge in [-0.05, 0) is 29.3 Å². The smallest absolute Gasteiger partial charge is 0.270 e. The highest BCUT2D eigenvalue weighted by Crippen LogP contribution is 2.25. The number of aromatic nitrogens is 3. The van der Waals surface area contributed by atoms with Gasteiger partial charge in [0, 0.05) is 24.5 Å². The molecule has 0 saturated carbocycles. The lowest BCUT2D eigenvalue weighted by Gasteiger charge is -2.13. The van der Waals surface area contributed by atoms with E-state index in [1.54, 1.807) is 35.5 Å². The van der Waals surface area contributed by atoms with Crippen LogP contribution >= 0.6 is 0 Å². The topological polar surface area (TPSA) is 87.9 Å². The van der Waals surface area contributed by atoms with Crippen LogP contribution in [0.1, 0.15) is 21.7 Å². The third kappa shape index (κ3) is 2.50. The first-order chi connectivity index (χ1) is 11.6. The highest BCUT2D eigenvalue weighted by molar-refractivity contribution is 5.94. The van der Waals surface area contributed by atoms with Gasteiger partial charge in [0.15, 0.2) is 0 Å². The zero-order valence-electron chi connectivity index (χ0n) is 12.7. The van der Waals surface area contributed by atoms with Gasteiger partial charge in [-0.25, -0.2) is 14.4 Å². The van der Waals surface area contributed by atoms with Crippen molar-refractivity contribution in [1.82, 2.24) is 19.9 Å². The minimum Gasteiger partial charge on any atom is -0.368 e. The molecule has 1 amide bonds. The average Bonchev–Trinajstić information content (AvgIpc) is 3.21. The van der Waals surface area contributed by atoms with Crippen molar-refractivity contribution < 1.29 is 9.18 Å². The van der Waals surface area contributed by atoms with E-state index in [0.29, 0.717) is 18.8 Å². The number of halogens is 1. The van der Waals surface area contributed by atoms with Crippen LogP contribution < -0.4 is 5.73 Å². The third-order valence-electron chi connectivity index (χ3n) is 4.05. The predicted octanol–water partition coefficient (Wildman–Crippen LogP) is 2.35. The summed E-state index contributed by atoms with van der Waals surface area (Å²) in [6.45, 7) is 0.866. The van der Waals surface area contributed by atoms with Crippen molar-refractivity contribution in [2.75, 3.05) is 5.73 Å². The molecule has 1 aliphatic rings. The molecule has 0 atom stereocenters. The summed E-state index contributed by atoms with van der Waals surface area (Å²) >= 11 is 0. The number of anilines is 1. The number of H-pyrrole nitrogens is 1. The normalized spacial score (nSPS) is 13.1. The molecule has 120 valence electrons. The molecule has 0 fully saturated rings. The van der Waals surface area contributed by atoms with E-state index in [-0.39, 0.29) is 17.7 Å². The van der Waals surface area contributed by atoms with Crippen molar-refractivity contribution in [3.8, 4) is 11.1 Å². The number of nitrogens with one attached hydrogen (secondary N) is 1. The van der Waals surface area contributed by atoms with Crippen LogP contribution in [0, 0.1) is 5.82 Å². The van der Waals surface area contributed by atoms with Crippen LogP contribution in [-0.2, 0) is 13.1 Å². The first-order valence-electron chi connectivity index (χ1n) is 7.44. The Kier molecular flexibility index (Phi) is 3.26. The lowest BCUT2D eigenvalue weighted by molar-refractivity contribution is 0.0745. The summed E-state index contributed by atoms with van der Waals surface area (Å²) in [5.74, 6) is -0.206. The van der Waals surface area contributed by atoms with E-state index in [4.69, 9.17) is 5.73 Å². The van der Waals surface area contributed by atoms with E-state index >= 15 is 0 Å². The number of hydrogen-bond acceptors (Lipinski definition) is 4. The van der Waals surface area contributed by atoms with Crippen molar-refractivity contribution in [3.63, 3.8) is 0 Å². The summed E-state index contributed by atoms with van der Waals surface area (Å²) < 4.78 is 13.0. The molecule has 0 aliphatic carbocycles. The molecule has 0 spiro atoms. The highest BCUT2D eigenvalue weighted by Gasteiger charge is 2.26. The molecule has 24 heavy (non-hydrogen) atoms. The molecule has 7 heteroatoms. The summed E-state index contributed by atoms with van der Waals surface area (Å²) in [6, 6.07) is 7.90. The number of fused-ring (bicyclic) bond motifs is 1. The van der Waals surface area contributed by atoms with Gasteiger partial charge in [0.1, 0.15) is 11.5 Å². The van der Waals surface area contributed by atoms with E-state index in [2.05, 4.69) is 15.0 Å². The first kappa shape index (κ1) is 14.4. The summed E-state index contributed by atoms with van der Waals surface area (Å²) in [5.41, 5.74) is 9.42. The Balaban J connectivity index is 1.55. The van der Waals surface area contributed by atoms with Crippen LogP contribution in [0.25, 0.3) is 11.1 Å². The third-order valence-corrected chi connectivity index (χ3v) is 4.05. The molecule has 1 aliphatic heterocycles. The second kappa shape index (κ2) is 5.45. The fourth-order valence-electron chi connectivity index (χ4n) is 2.81. The molecule has 0 radical (unpaired) electrons. The zero-order chi connectivity index (χ0) is 16.7. The predicted molar refractivity (Wildman–Crippen MR) is 86.2 cm³/mol. The van der Waals surface area contributed by atoms with Crippen molar-refractivity contribution in [1.29, 1.82) is 0 Å². The summed E-state index contributed by atoms with van der Waals surface area (Å²) in [6.07, 6.45) is 3.39. The quantitative estimate of drug-likeness (QED) is 0.758. The van der Waals surface area contributed by atoms with Crippen LogP contribution in [0.5, 0.6) is 0 Å². The van der Waals surface area contributed by atoms with Gasteiger partial charge in [-0.1, -0.05) is 12.1 Å². The Morgan fingerprint density at radius 1 is 1.21 bits per heavy atom. The number of nitrogen functional groups attached to an aromatic ring is 1. The van der Waals surface area contributed by atoms with Crippen LogP contribution in [0.3, 0.4) is 0 Å². The molecule has 3 aromatic rings. The molecule has 4 rings (SSSR count). The molecule has 1 aromatic carbocycles. The standard InChI is InChI=1S/C17H14FN5O/c18-13-3-1-10(2-4-13)11-5-14(20-6-11)16(24)23-8-12-7-21-17(19)22-15(12)9-23/h1-7,20H,8-9H2,(H2,19,21,22). The fourth-order valence-corrected chi connectivity index (χ4v) is 2.81. The number of hydrogen-bond donors (Lipinski definition) is 2. The maximum absolute atomic E-state index is 13.0. The fraction of sp³-hybridized carbons (Fsp3) is 0.118. The monoisotopic (exact) mass is 323 g/mol. The molecule has 6 nitrogen and oxygen atoms in total. The van der Waals surface area contributed by atoms with E-state index in [9.17, 15) is 9.18 Å². The minimum absolute atomic E-state index is 0.125. The lowest BCUT2D eigenvalue weighted by Crippen LogP contribution is -2.25. The maximum atomic E-state index is 13.0. The SMILES string of the molecule is Nc1ncc2c(n1)CN(C(=O)c1cc(-c3ccc(F)cc3)c[nH]1)C2. The van der Waals surface area contributed by atoms with Gasteiger partial charge in [0.25, 0.3) is 5.91 Å². The molecular weight excluding hydrogens is 309 g/mol. The van der Waals surface area contributed by atoms with Crippen LogP contribution in [0.15, 0.2) is 42.7 Å². The second-order valence-electron chi connectivity index (χ2n) is 5.67. The van der Waals surface area contributed by atoms with Crippen LogP contribution in [0.2, 0.25) is 0 Å². The molecule has 0 bridgehead atoms. The number of nitrogens with two attached hydrogens (primary N) is 1. The Morgan fingerprint density at radius 3 is 2.79 bits per heavy atom. The highest BCUT2D eigenvalue weighted by atomic mass is 19.1. The number of rotatable bonds is 2. The van der Waals surface area contributed by atoms with Crippen molar-refractivity contribution in [2.45, 2.75) is 13.1 Å². The Hall–Kier alpha value is -3.22. The molecule has 3 N–H and O–H groups in total. The van der Waals surface area contributed by atoms with Crippen molar-refractivity contribution in [2.24, 2.45) is 0 Å². The number of nitrogens with zero attached hydrogens (tertiary/aromatic N) is 3. The van der Waals surface area contributed by atoms with Crippen LogP contribution in [-0.4, -0.2) is 25.8 Å². The molecule has 2 aromatic heterocycles. The summed E-state index contributed by atoms with van der Waals surface area (Å²) in [5, 5.41) is 0. The van der Waals surface area contributed by atoms with Crippen molar-refractivity contribution >= 4 is 11.9 Å². The molecular formula is C17H14FN5O. The van der Waals surface area contributed by atoms with E-state index < -0.39 is 0 Å². The van der Waals surface area contributed by atoms with Gasteiger partial charge in [0.2, 0.25) is 5.95 Å². The van der Waals surface area contributed by atoms with E-state index in [1.807, 2.05) is 0 Å². The minimum atomic E-state index is -0.291. The Morgan fingerprint density at radius 2 is 2.00 bits per heavy atom. The number of benzene rings is 1. The number of carbonyl (C=O) groups is 1. The summed E-state index contributed by atoms with van der Waals surface area (Å²) in [7, 11) is 0. The number of amides is 1. The molecule has 0 saturated heterocycles. The van der Waals surface area contributed by atoms with Gasteiger partial charge in [0.05, 0.1) is 12.2 Å². The average molecular weight is 323 g/mol. The van der Waals surface area contributed by atoms with Gasteiger partial charge in [-0.3, -0.25) is 4.79 Å². The van der Waals surface area contributed by atoms with E-state index in [1.165, 1.54) is 12.1 Å². The van der Waals surface area contributed by atoms with Crippen molar-refractivity contribution in [3.05, 3.63) is 65.5 Å². The van der Waals surface area contributed by atoms with Crippen LogP contribution in [0.4, 0.5) is 10.3 Å². The summed E-state index contributed by atoms with van der Waals surface area (Å²) in [4.78, 5) is 25.4. The molecule has 0 unspecified atom stereocenters. The van der Waals surface area contributed by atoms with Gasteiger partial charge in [-0.15, -0.1) is 0 Å². The second-order valence-corrected chi connectivity index (χ2v) is 5.67. The van der Waals surface area contributed by atoms with Gasteiger partial charge < -0.3 is 15.6 Å². The zero-order valence-corrected chi connectivity index (χ0v) is 12.7. The number of aromatic amines is 1. The van der Waals surface area contributed by atoms with Gasteiger partial charge in [-0.2, -0.15) is 0 Å². The first-order valence-corrected chi connectivity index (χ1v) is 7.44. The maximum Gasteiger partial charge on any atom is 0.270 e. The van der Waals surface area contributed by atoms with Gasteiger partial charge >= 0.3 is 0 Å². The molecule has 3 heterocycles.